The van der Waals surface area contributed by atoms with E-state index in [2.05, 4.69) is 126 Å². The first kappa shape index (κ1) is 18.2. The molecule has 0 aliphatic carbocycles. The fourth-order valence-corrected chi connectivity index (χ4v) is 6.57. The smallest absolute Gasteiger partial charge is 0.0256 e. The normalized spacial score (nSPS) is 10.9. The largest absolute Gasteiger partial charge is 0.0622 e. The van der Waals surface area contributed by atoms with Crippen LogP contribution in [0.2, 0.25) is 0 Å². The topological polar surface area (TPSA) is 0 Å². The van der Waals surface area contributed by atoms with Gasteiger partial charge in [-0.15, -0.1) is 0 Å². The third-order valence-electron chi connectivity index (χ3n) is 4.67. The van der Waals surface area contributed by atoms with E-state index in [1.54, 1.807) is 0 Å². The highest BCUT2D eigenvalue weighted by Gasteiger charge is 2.21. The molecule has 0 N–H and O–H groups in total. The molecule has 0 unspecified atom stereocenters. The van der Waals surface area contributed by atoms with Gasteiger partial charge in [0, 0.05) is 4.47 Å². The Morgan fingerprint density at radius 1 is 0.593 bits per heavy atom. The van der Waals surface area contributed by atoms with Gasteiger partial charge in [-0.05, 0) is 53.5 Å². The number of benzene rings is 4. The fraction of sp³-hybridized carbons (Fsp3) is 0.0400. The average Bonchev–Trinajstić information content (AvgIpc) is 2.71. The summed E-state index contributed by atoms with van der Waals surface area (Å²) < 4.78 is 1.14. The Balaban J connectivity index is 1.98. The average molecular weight is 431 g/mol. The zero-order valence-electron chi connectivity index (χ0n) is 15.1. The summed E-state index contributed by atoms with van der Waals surface area (Å²) in [5.74, 6) is 0. The summed E-state index contributed by atoms with van der Waals surface area (Å²) in [5.41, 5.74) is 3.88. The van der Waals surface area contributed by atoms with Crippen LogP contribution in [0.25, 0.3) is 11.1 Å². The van der Waals surface area contributed by atoms with Crippen molar-refractivity contribution in [2.45, 2.75) is 6.92 Å². The molecule has 0 spiro atoms. The first-order valence-corrected chi connectivity index (χ1v) is 11.1. The van der Waals surface area contributed by atoms with Crippen LogP contribution in [0, 0.1) is 6.92 Å². The van der Waals surface area contributed by atoms with Gasteiger partial charge in [-0.3, -0.25) is 0 Å². The van der Waals surface area contributed by atoms with E-state index in [1.165, 1.54) is 32.6 Å². The van der Waals surface area contributed by atoms with Crippen molar-refractivity contribution < 1.29 is 0 Å². The maximum atomic E-state index is 3.79. The molecular formula is C25H20BrP. The van der Waals surface area contributed by atoms with Gasteiger partial charge in [-0.1, -0.05) is 113 Å². The van der Waals surface area contributed by atoms with Crippen LogP contribution in [0.4, 0.5) is 0 Å². The molecule has 27 heavy (non-hydrogen) atoms. The van der Waals surface area contributed by atoms with Crippen molar-refractivity contribution in [2.24, 2.45) is 0 Å². The number of aryl methyl sites for hydroxylation is 1. The van der Waals surface area contributed by atoms with Gasteiger partial charge in [0.15, 0.2) is 0 Å². The molecule has 132 valence electrons. The Bertz CT molecular complexity index is 982. The minimum Gasteiger partial charge on any atom is -0.0622 e. The highest BCUT2D eigenvalue weighted by Crippen LogP contribution is 2.39. The van der Waals surface area contributed by atoms with Crippen molar-refractivity contribution in [2.75, 3.05) is 0 Å². The van der Waals surface area contributed by atoms with E-state index >= 15 is 0 Å². The van der Waals surface area contributed by atoms with Gasteiger partial charge in [0.05, 0.1) is 0 Å². The Morgan fingerprint density at radius 2 is 1.15 bits per heavy atom. The molecular weight excluding hydrogens is 411 g/mol. The van der Waals surface area contributed by atoms with E-state index in [1.807, 2.05) is 0 Å². The summed E-state index contributed by atoms with van der Waals surface area (Å²) in [6.45, 7) is 2.18. The van der Waals surface area contributed by atoms with E-state index in [0.717, 1.165) is 4.47 Å². The Kier molecular flexibility index (Phi) is 5.53. The zero-order chi connectivity index (χ0) is 18.6. The monoisotopic (exact) mass is 430 g/mol. The van der Waals surface area contributed by atoms with Crippen LogP contribution in [-0.2, 0) is 0 Å². The number of halogens is 1. The van der Waals surface area contributed by atoms with E-state index < -0.39 is 7.92 Å². The fourth-order valence-electron chi connectivity index (χ4n) is 3.43. The third kappa shape index (κ3) is 3.76. The zero-order valence-corrected chi connectivity index (χ0v) is 17.6. The summed E-state index contributed by atoms with van der Waals surface area (Å²) in [7, 11) is -0.636. The highest BCUT2D eigenvalue weighted by atomic mass is 79.9. The second-order valence-electron chi connectivity index (χ2n) is 6.46. The number of hydrogen-bond acceptors (Lipinski definition) is 0. The summed E-state index contributed by atoms with van der Waals surface area (Å²) in [6, 6.07) is 37.0. The molecule has 2 heteroatoms. The molecule has 0 saturated carbocycles. The Labute approximate surface area is 170 Å². The van der Waals surface area contributed by atoms with Crippen LogP contribution in [0.15, 0.2) is 108 Å². The van der Waals surface area contributed by atoms with Gasteiger partial charge in [0.25, 0.3) is 0 Å². The number of rotatable bonds is 4. The molecule has 0 bridgehead atoms. The molecule has 0 aliphatic heterocycles. The maximum absolute atomic E-state index is 3.79. The summed E-state index contributed by atoms with van der Waals surface area (Å²) in [5, 5.41) is 4.13. The van der Waals surface area contributed by atoms with Crippen LogP contribution in [-0.4, -0.2) is 0 Å². The van der Waals surface area contributed by atoms with Crippen LogP contribution in [0.1, 0.15) is 5.56 Å². The van der Waals surface area contributed by atoms with Crippen molar-refractivity contribution in [1.82, 2.24) is 0 Å². The quantitative estimate of drug-likeness (QED) is 0.339. The molecule has 4 aromatic rings. The third-order valence-corrected chi connectivity index (χ3v) is 7.83. The molecule has 0 saturated heterocycles. The van der Waals surface area contributed by atoms with Gasteiger partial charge in [0.2, 0.25) is 0 Å². The molecule has 4 aromatic carbocycles. The molecule has 0 radical (unpaired) electrons. The standard InChI is InChI=1S/C25H20BrP/c1-19-11-10-17-23(26)25(19)22-16-8-9-18-24(22)27(20-12-4-2-5-13-20)21-14-6-3-7-15-21/h2-18H,1H3. The van der Waals surface area contributed by atoms with Gasteiger partial charge < -0.3 is 0 Å². The van der Waals surface area contributed by atoms with Crippen molar-refractivity contribution in [3.63, 3.8) is 0 Å². The molecule has 0 atom stereocenters. The Morgan fingerprint density at radius 3 is 1.74 bits per heavy atom. The second kappa shape index (κ2) is 8.21. The predicted octanol–water partition coefficient (Wildman–Crippen LogP) is 6.18. The SMILES string of the molecule is Cc1cccc(Br)c1-c1ccccc1P(c1ccccc1)c1ccccc1. The minimum absolute atomic E-state index is 0.636. The lowest BCUT2D eigenvalue weighted by molar-refractivity contribution is 1.44. The molecule has 0 nitrogen and oxygen atoms in total. The molecule has 4 rings (SSSR count). The Hall–Kier alpha value is -2.21. The van der Waals surface area contributed by atoms with Crippen LogP contribution in [0.3, 0.4) is 0 Å². The summed E-state index contributed by atoms with van der Waals surface area (Å²) >= 11 is 3.79. The molecule has 0 amide bonds. The van der Waals surface area contributed by atoms with Crippen LogP contribution >= 0.6 is 23.9 Å². The van der Waals surface area contributed by atoms with Crippen LogP contribution in [0.5, 0.6) is 0 Å². The lowest BCUT2D eigenvalue weighted by atomic mass is 10.0. The van der Waals surface area contributed by atoms with Gasteiger partial charge in [-0.2, -0.15) is 0 Å². The van der Waals surface area contributed by atoms with E-state index in [-0.39, 0.29) is 0 Å². The van der Waals surface area contributed by atoms with Gasteiger partial charge in [-0.25, -0.2) is 0 Å². The molecule has 0 aromatic heterocycles. The molecule has 0 fully saturated rings. The summed E-state index contributed by atoms with van der Waals surface area (Å²) in [4.78, 5) is 0. The van der Waals surface area contributed by atoms with Crippen molar-refractivity contribution >= 4 is 39.8 Å². The first-order chi connectivity index (χ1) is 13.3. The highest BCUT2D eigenvalue weighted by molar-refractivity contribution is 9.10. The van der Waals surface area contributed by atoms with Crippen molar-refractivity contribution in [3.8, 4) is 11.1 Å². The van der Waals surface area contributed by atoms with E-state index in [0.29, 0.717) is 0 Å². The van der Waals surface area contributed by atoms with Crippen molar-refractivity contribution in [3.05, 3.63) is 113 Å². The predicted molar refractivity (Wildman–Crippen MR) is 123 cm³/mol. The van der Waals surface area contributed by atoms with Crippen LogP contribution < -0.4 is 15.9 Å². The second-order valence-corrected chi connectivity index (χ2v) is 9.50. The van der Waals surface area contributed by atoms with E-state index in [4.69, 9.17) is 0 Å². The van der Waals surface area contributed by atoms with Gasteiger partial charge in [0.1, 0.15) is 0 Å². The lowest BCUT2D eigenvalue weighted by Gasteiger charge is -2.23. The maximum Gasteiger partial charge on any atom is 0.0256 e. The molecule has 0 heterocycles. The van der Waals surface area contributed by atoms with Crippen molar-refractivity contribution in [1.29, 1.82) is 0 Å². The number of hydrogen-bond donors (Lipinski definition) is 0. The van der Waals surface area contributed by atoms with E-state index in [9.17, 15) is 0 Å². The summed E-state index contributed by atoms with van der Waals surface area (Å²) in [6.07, 6.45) is 0. The minimum atomic E-state index is -0.636. The first-order valence-electron chi connectivity index (χ1n) is 9.00. The molecule has 0 aliphatic rings. The lowest BCUT2D eigenvalue weighted by Crippen LogP contribution is -2.22. The van der Waals surface area contributed by atoms with Gasteiger partial charge >= 0.3 is 0 Å².